The van der Waals surface area contributed by atoms with Crippen molar-refractivity contribution in [3.8, 4) is 0 Å². The lowest BCUT2D eigenvalue weighted by Gasteiger charge is -2.15. The third-order valence-electron chi connectivity index (χ3n) is 11.5. The van der Waals surface area contributed by atoms with E-state index in [1.165, 1.54) is 20.8 Å². The van der Waals surface area contributed by atoms with Gasteiger partial charge in [0.15, 0.2) is 0 Å². The van der Waals surface area contributed by atoms with Gasteiger partial charge in [0.05, 0.1) is 19.8 Å². The number of rotatable bonds is 46. The lowest BCUT2D eigenvalue weighted by atomic mass is 10.2. The van der Waals surface area contributed by atoms with Gasteiger partial charge in [-0.15, -0.1) is 0 Å². The van der Waals surface area contributed by atoms with Crippen LogP contribution in [-0.4, -0.2) is 140 Å². The minimum absolute atomic E-state index is 0.0329. The Balaban J connectivity index is 2.61. The number of nitrogens with zero attached hydrogens (tertiary/aromatic N) is 3. The lowest BCUT2D eigenvalue weighted by molar-refractivity contribution is -0.150. The molecule has 82 heavy (non-hydrogen) atoms. The monoisotopic (exact) mass is 1170 g/mol. The summed E-state index contributed by atoms with van der Waals surface area (Å²) in [6, 6.07) is 0. The van der Waals surface area contributed by atoms with Crippen LogP contribution in [0.5, 0.6) is 0 Å². The zero-order chi connectivity index (χ0) is 60.9. The Kier molecular flexibility index (Phi) is 39.6. The van der Waals surface area contributed by atoms with Crippen molar-refractivity contribution in [2.24, 2.45) is 0 Å². The van der Waals surface area contributed by atoms with Crippen LogP contribution in [0.25, 0.3) is 0 Å². The molecular formula is C55H86N6O21. The second-order valence-corrected chi connectivity index (χ2v) is 18.8. The van der Waals surface area contributed by atoms with Crippen LogP contribution in [0.2, 0.25) is 0 Å². The fourth-order valence-corrected chi connectivity index (χ4v) is 6.97. The maximum Gasteiger partial charge on any atom is 0.408 e. The fourth-order valence-electron chi connectivity index (χ4n) is 6.97. The molecular weight excluding hydrogens is 1080 g/mol. The summed E-state index contributed by atoms with van der Waals surface area (Å²) in [6.07, 6.45) is 7.21. The molecule has 1 aromatic rings. The van der Waals surface area contributed by atoms with Gasteiger partial charge in [-0.2, -0.15) is 0 Å². The Labute approximate surface area is 477 Å². The van der Waals surface area contributed by atoms with Gasteiger partial charge < -0.3 is 58.6 Å². The second kappa shape index (κ2) is 44.9. The predicted molar refractivity (Wildman–Crippen MR) is 295 cm³/mol. The molecule has 0 aliphatic rings. The number of hydrogen-bond acceptors (Lipinski definition) is 21. The first kappa shape index (κ1) is 72.3. The Hall–Kier alpha value is -7.74. The van der Waals surface area contributed by atoms with Crippen LogP contribution in [-0.2, 0) is 91.2 Å². The first-order valence-electron chi connectivity index (χ1n) is 27.9. The van der Waals surface area contributed by atoms with Gasteiger partial charge in [0.1, 0.15) is 46.3 Å². The minimum Gasteiger partial charge on any atom is -0.462 e. The quantitative estimate of drug-likeness (QED) is 0.0331. The van der Waals surface area contributed by atoms with E-state index in [1.807, 2.05) is 0 Å². The number of aromatic nitrogens is 3. The van der Waals surface area contributed by atoms with Gasteiger partial charge in [-0.1, -0.05) is 45.4 Å². The minimum atomic E-state index is -0.925. The molecule has 0 aromatic carbocycles. The third kappa shape index (κ3) is 35.8. The largest absolute Gasteiger partial charge is 0.462 e. The Morgan fingerprint density at radius 3 is 0.939 bits per heavy atom. The molecule has 0 saturated carbocycles. The SMILES string of the molecule is C=C(C)C(=O)OCCOC(=O)CCCCCOC(=O)NCCCCCCn1c(=O)n(CCCCCCNC(=O)OCCCCCC(=O)OCCOC(=O)C(=C)C)c(=O)n(CNC(=O)OCCCCCC(=O)OCCOC(=O)C(=C)C)c1=O. The molecule has 1 aromatic heterocycles. The molecule has 0 aliphatic heterocycles. The maximum absolute atomic E-state index is 13.6. The predicted octanol–water partition coefficient (Wildman–Crippen LogP) is 5.10. The van der Waals surface area contributed by atoms with Crippen LogP contribution in [0.4, 0.5) is 14.4 Å². The van der Waals surface area contributed by atoms with Crippen molar-refractivity contribution >= 4 is 54.1 Å². The molecule has 0 spiro atoms. The highest BCUT2D eigenvalue weighted by molar-refractivity contribution is 5.87. The number of carbonyl (C=O) groups is 9. The van der Waals surface area contributed by atoms with Crippen molar-refractivity contribution in [1.29, 1.82) is 0 Å². The molecule has 0 saturated heterocycles. The van der Waals surface area contributed by atoms with Crippen LogP contribution >= 0.6 is 0 Å². The zero-order valence-corrected chi connectivity index (χ0v) is 48.1. The number of nitrogens with one attached hydrogen (secondary N) is 3. The van der Waals surface area contributed by atoms with Crippen molar-refractivity contribution in [3.63, 3.8) is 0 Å². The van der Waals surface area contributed by atoms with Gasteiger partial charge >= 0.3 is 71.2 Å². The van der Waals surface area contributed by atoms with E-state index in [4.69, 9.17) is 42.6 Å². The summed E-state index contributed by atoms with van der Waals surface area (Å²) in [5.74, 6) is -3.05. The highest BCUT2D eigenvalue weighted by Crippen LogP contribution is 2.07. The molecule has 3 N–H and O–H groups in total. The molecule has 1 heterocycles. The number of ether oxygens (including phenoxy) is 9. The number of alkyl carbamates (subject to hydrolysis) is 3. The number of esters is 6. The molecule has 0 bridgehead atoms. The van der Waals surface area contributed by atoms with Gasteiger partial charge in [-0.25, -0.2) is 56.9 Å². The van der Waals surface area contributed by atoms with E-state index in [0.29, 0.717) is 122 Å². The highest BCUT2D eigenvalue weighted by Gasteiger charge is 2.17. The molecule has 27 heteroatoms. The van der Waals surface area contributed by atoms with Gasteiger partial charge in [0, 0.05) is 62.2 Å². The van der Waals surface area contributed by atoms with Crippen molar-refractivity contribution in [3.05, 3.63) is 67.9 Å². The van der Waals surface area contributed by atoms with E-state index in [2.05, 4.69) is 35.7 Å². The third-order valence-corrected chi connectivity index (χ3v) is 11.5. The normalized spacial score (nSPS) is 10.6. The van der Waals surface area contributed by atoms with Crippen molar-refractivity contribution in [2.75, 3.05) is 72.6 Å². The van der Waals surface area contributed by atoms with Gasteiger partial charge in [-0.05, 0) is 104 Å². The average Bonchev–Trinajstić information content (AvgIpc) is 3.64. The smallest absolute Gasteiger partial charge is 0.408 e. The summed E-state index contributed by atoms with van der Waals surface area (Å²) >= 11 is 0. The first-order valence-corrected chi connectivity index (χ1v) is 27.9. The molecule has 3 amide bonds. The number of hydrogen-bond donors (Lipinski definition) is 3. The second-order valence-electron chi connectivity index (χ2n) is 18.8. The fraction of sp³-hybridized carbons (Fsp3) is 0.673. The number of amides is 3. The Morgan fingerprint density at radius 1 is 0.329 bits per heavy atom. The summed E-state index contributed by atoms with van der Waals surface area (Å²) in [6.45, 7) is 14.7. The summed E-state index contributed by atoms with van der Waals surface area (Å²) in [7, 11) is 0. The van der Waals surface area contributed by atoms with Crippen LogP contribution < -0.4 is 33.0 Å². The Morgan fingerprint density at radius 2 is 0.610 bits per heavy atom. The number of carbonyl (C=O) groups excluding carboxylic acids is 9. The van der Waals surface area contributed by atoms with E-state index in [1.54, 1.807) is 0 Å². The Bertz CT molecular complexity index is 2290. The molecule has 462 valence electrons. The summed E-state index contributed by atoms with van der Waals surface area (Å²) in [4.78, 5) is 148. The zero-order valence-electron chi connectivity index (χ0n) is 48.1. The molecule has 0 unspecified atom stereocenters. The molecule has 27 nitrogen and oxygen atoms in total. The van der Waals surface area contributed by atoms with E-state index in [0.717, 1.165) is 13.7 Å². The molecule has 0 fully saturated rings. The van der Waals surface area contributed by atoms with E-state index in [-0.39, 0.29) is 109 Å². The maximum atomic E-state index is 13.6. The average molecular weight is 1170 g/mol. The summed E-state index contributed by atoms with van der Waals surface area (Å²) < 4.78 is 47.8. The van der Waals surface area contributed by atoms with Crippen molar-refractivity contribution in [2.45, 2.75) is 169 Å². The molecule has 1 rings (SSSR count). The van der Waals surface area contributed by atoms with Crippen LogP contribution in [0.1, 0.15) is 149 Å². The lowest BCUT2D eigenvalue weighted by Crippen LogP contribution is -2.56. The van der Waals surface area contributed by atoms with E-state index < -0.39 is 77.8 Å². The van der Waals surface area contributed by atoms with Crippen molar-refractivity contribution < 1.29 is 85.8 Å². The highest BCUT2D eigenvalue weighted by atomic mass is 16.6. The molecule has 0 aliphatic carbocycles. The first-order chi connectivity index (χ1) is 39.2. The number of unbranched alkanes of at least 4 members (excludes halogenated alkanes) is 12. The van der Waals surface area contributed by atoms with Gasteiger partial charge in [-0.3, -0.25) is 14.4 Å². The topological polar surface area (TPSA) is 339 Å². The van der Waals surface area contributed by atoms with Gasteiger partial charge in [0.2, 0.25) is 0 Å². The van der Waals surface area contributed by atoms with E-state index >= 15 is 0 Å². The van der Waals surface area contributed by atoms with Gasteiger partial charge in [0.25, 0.3) is 0 Å². The van der Waals surface area contributed by atoms with Crippen LogP contribution in [0.3, 0.4) is 0 Å². The van der Waals surface area contributed by atoms with Crippen LogP contribution in [0, 0.1) is 0 Å². The molecule has 0 atom stereocenters. The summed E-state index contributed by atoms with van der Waals surface area (Å²) in [5.41, 5.74) is -1.94. The van der Waals surface area contributed by atoms with Crippen molar-refractivity contribution in [1.82, 2.24) is 29.7 Å². The summed E-state index contributed by atoms with van der Waals surface area (Å²) in [5, 5.41) is 7.72. The van der Waals surface area contributed by atoms with E-state index in [9.17, 15) is 57.5 Å². The molecule has 0 radical (unpaired) electrons. The van der Waals surface area contributed by atoms with Crippen LogP contribution in [0.15, 0.2) is 50.8 Å². The standard InChI is InChI=1S/C55H86N6O21/c1-41(2)47(65)77-37-34-74-44(62)24-14-11-21-31-80-50(68)56-27-17-7-9-19-29-59-53(71)60(30-20-10-8-18-28-57-51(69)81-32-22-12-15-25-45(63)75-35-38-78-48(66)42(3)4)55(73)61(54(59)72)40-58-52(70)82-33-23-13-16-26-46(64)76-36-39-79-49(67)43(5)6/h1,3,5,7-40H2,2,4,6H3,(H,56,68)(H,57,69)(H,58,70).